The van der Waals surface area contributed by atoms with Gasteiger partial charge in [0.15, 0.2) is 0 Å². The third-order valence-corrected chi connectivity index (χ3v) is 3.84. The van der Waals surface area contributed by atoms with Crippen LogP contribution in [-0.4, -0.2) is 43.3 Å². The number of carbonyl (C=O) groups excluding carboxylic acids is 2. The molecular weight excluding hydrogens is 300 g/mol. The van der Waals surface area contributed by atoms with Gasteiger partial charge in [-0.1, -0.05) is 19.0 Å². The molecule has 1 aliphatic rings. The van der Waals surface area contributed by atoms with Gasteiger partial charge in [-0.25, -0.2) is 4.79 Å². The molecule has 1 amide bonds. The third kappa shape index (κ3) is 5.26. The van der Waals surface area contributed by atoms with Crippen LogP contribution in [0.2, 0.25) is 0 Å². The number of amides is 1. The zero-order chi connectivity index (χ0) is 17.4. The zero-order valence-electron chi connectivity index (χ0n) is 14.0. The average Bonchev–Trinajstić information content (AvgIpc) is 2.53. The van der Waals surface area contributed by atoms with E-state index in [1.165, 1.54) is 14.0 Å². The fourth-order valence-corrected chi connectivity index (χ4v) is 2.64. The van der Waals surface area contributed by atoms with E-state index in [4.69, 9.17) is 15.0 Å². The SMILES string of the molecule is CCC(CC)O[C@@H]1C=C(C(=O)OC)C[C@H](N=[N+]=[N-])[C@H]1NC(C)=O. The Morgan fingerprint density at radius 2 is 2.13 bits per heavy atom. The fraction of sp³-hybridized carbons (Fsp3) is 0.733. The minimum Gasteiger partial charge on any atom is -0.466 e. The highest BCUT2D eigenvalue weighted by Gasteiger charge is 2.37. The Hall–Kier alpha value is -2.05. The smallest absolute Gasteiger partial charge is 0.333 e. The van der Waals surface area contributed by atoms with E-state index in [0.717, 1.165) is 12.8 Å². The van der Waals surface area contributed by atoms with Crippen LogP contribution in [-0.2, 0) is 19.1 Å². The largest absolute Gasteiger partial charge is 0.466 e. The van der Waals surface area contributed by atoms with E-state index in [-0.39, 0.29) is 18.4 Å². The minimum absolute atomic E-state index is 0.0174. The van der Waals surface area contributed by atoms with Crippen molar-refractivity contribution < 1.29 is 19.1 Å². The predicted molar refractivity (Wildman–Crippen MR) is 84.5 cm³/mol. The summed E-state index contributed by atoms with van der Waals surface area (Å²) in [5.74, 6) is -0.733. The minimum atomic E-state index is -0.609. The number of carbonyl (C=O) groups is 2. The van der Waals surface area contributed by atoms with Crippen molar-refractivity contribution >= 4 is 11.9 Å². The monoisotopic (exact) mass is 324 g/mol. The number of rotatable bonds is 7. The summed E-state index contributed by atoms with van der Waals surface area (Å²) in [6.07, 6.45) is 2.89. The zero-order valence-corrected chi connectivity index (χ0v) is 14.0. The van der Waals surface area contributed by atoms with Gasteiger partial charge in [0.05, 0.1) is 31.4 Å². The second-order valence-electron chi connectivity index (χ2n) is 5.43. The summed E-state index contributed by atoms with van der Waals surface area (Å²) in [6.45, 7) is 5.39. The molecule has 0 aromatic rings. The number of nitrogens with zero attached hydrogens (tertiary/aromatic N) is 3. The molecule has 0 unspecified atom stereocenters. The molecule has 128 valence electrons. The highest BCUT2D eigenvalue weighted by Crippen LogP contribution is 2.27. The van der Waals surface area contributed by atoms with Crippen LogP contribution >= 0.6 is 0 Å². The molecule has 8 nitrogen and oxygen atoms in total. The van der Waals surface area contributed by atoms with Crippen LogP contribution in [0.5, 0.6) is 0 Å². The molecule has 0 saturated carbocycles. The van der Waals surface area contributed by atoms with E-state index in [1.807, 2.05) is 13.8 Å². The van der Waals surface area contributed by atoms with Crippen molar-refractivity contribution in [1.29, 1.82) is 0 Å². The van der Waals surface area contributed by atoms with Gasteiger partial charge in [0.25, 0.3) is 0 Å². The van der Waals surface area contributed by atoms with E-state index in [1.54, 1.807) is 6.08 Å². The quantitative estimate of drug-likeness (QED) is 0.335. The first-order chi connectivity index (χ1) is 11.0. The Morgan fingerprint density at radius 1 is 1.48 bits per heavy atom. The summed E-state index contributed by atoms with van der Waals surface area (Å²) >= 11 is 0. The maximum Gasteiger partial charge on any atom is 0.333 e. The van der Waals surface area contributed by atoms with Crippen LogP contribution in [0.25, 0.3) is 10.4 Å². The molecule has 8 heteroatoms. The van der Waals surface area contributed by atoms with Crippen molar-refractivity contribution in [3.63, 3.8) is 0 Å². The summed E-state index contributed by atoms with van der Waals surface area (Å²) in [5.41, 5.74) is 9.17. The van der Waals surface area contributed by atoms with Crippen LogP contribution in [0.15, 0.2) is 16.8 Å². The number of azide groups is 1. The number of ether oxygens (including phenoxy) is 2. The lowest BCUT2D eigenvalue weighted by Crippen LogP contribution is -2.53. The number of methoxy groups -OCH3 is 1. The summed E-state index contributed by atoms with van der Waals surface area (Å²) in [4.78, 5) is 26.2. The molecule has 0 saturated heterocycles. The van der Waals surface area contributed by atoms with E-state index in [2.05, 4.69) is 15.3 Å². The Kier molecular flexibility index (Phi) is 7.57. The molecule has 0 aliphatic heterocycles. The topological polar surface area (TPSA) is 113 Å². The van der Waals surface area contributed by atoms with E-state index < -0.39 is 24.2 Å². The second-order valence-corrected chi connectivity index (χ2v) is 5.43. The molecule has 1 aliphatic carbocycles. The summed E-state index contributed by atoms with van der Waals surface area (Å²) in [6, 6.07) is -1.13. The Morgan fingerprint density at radius 3 is 2.61 bits per heavy atom. The Labute approximate surface area is 135 Å². The molecule has 3 atom stereocenters. The number of nitrogens with one attached hydrogen (secondary N) is 1. The van der Waals surface area contributed by atoms with Crippen molar-refractivity contribution in [3.8, 4) is 0 Å². The highest BCUT2D eigenvalue weighted by atomic mass is 16.5. The molecule has 0 aromatic heterocycles. The third-order valence-electron chi connectivity index (χ3n) is 3.84. The molecule has 0 spiro atoms. The van der Waals surface area contributed by atoms with Gasteiger partial charge in [-0.05, 0) is 30.9 Å². The Balaban J connectivity index is 3.17. The van der Waals surface area contributed by atoms with Crippen molar-refractivity contribution in [2.75, 3.05) is 7.11 Å². The van der Waals surface area contributed by atoms with Crippen LogP contribution in [0.1, 0.15) is 40.0 Å². The lowest BCUT2D eigenvalue weighted by Gasteiger charge is -2.36. The lowest BCUT2D eigenvalue weighted by molar-refractivity contribution is -0.136. The van der Waals surface area contributed by atoms with Gasteiger partial charge in [0.2, 0.25) is 5.91 Å². The summed E-state index contributed by atoms with van der Waals surface area (Å²) < 4.78 is 10.8. The van der Waals surface area contributed by atoms with Crippen molar-refractivity contribution in [1.82, 2.24) is 5.32 Å². The van der Waals surface area contributed by atoms with Gasteiger partial charge in [-0.2, -0.15) is 0 Å². The number of hydrogen-bond donors (Lipinski definition) is 1. The fourth-order valence-electron chi connectivity index (χ4n) is 2.64. The van der Waals surface area contributed by atoms with Gasteiger partial charge in [-0.3, -0.25) is 4.79 Å². The van der Waals surface area contributed by atoms with E-state index in [0.29, 0.717) is 5.57 Å². The second kappa shape index (κ2) is 9.17. The normalized spacial score (nSPS) is 23.7. The lowest BCUT2D eigenvalue weighted by atomic mass is 9.88. The first kappa shape index (κ1) is 19.0. The van der Waals surface area contributed by atoms with Crippen molar-refractivity contribution in [3.05, 3.63) is 22.1 Å². The molecule has 0 aromatic carbocycles. The van der Waals surface area contributed by atoms with Crippen LogP contribution in [0.3, 0.4) is 0 Å². The Bertz CT molecular complexity index is 510. The number of hydrogen-bond acceptors (Lipinski definition) is 5. The van der Waals surface area contributed by atoms with Crippen LogP contribution in [0, 0.1) is 0 Å². The number of esters is 1. The van der Waals surface area contributed by atoms with Gasteiger partial charge in [0, 0.05) is 17.4 Å². The van der Waals surface area contributed by atoms with Gasteiger partial charge < -0.3 is 14.8 Å². The van der Waals surface area contributed by atoms with E-state index in [9.17, 15) is 9.59 Å². The average molecular weight is 324 g/mol. The molecule has 1 N–H and O–H groups in total. The molecule has 0 fully saturated rings. The highest BCUT2D eigenvalue weighted by molar-refractivity contribution is 5.89. The molecule has 0 heterocycles. The maximum absolute atomic E-state index is 11.8. The summed E-state index contributed by atoms with van der Waals surface area (Å²) in [5, 5.41) is 6.50. The van der Waals surface area contributed by atoms with Crippen LogP contribution in [0.4, 0.5) is 0 Å². The summed E-state index contributed by atoms with van der Waals surface area (Å²) in [7, 11) is 1.29. The molecule has 0 bridgehead atoms. The van der Waals surface area contributed by atoms with Crippen molar-refractivity contribution in [2.45, 2.75) is 64.3 Å². The van der Waals surface area contributed by atoms with E-state index >= 15 is 0 Å². The van der Waals surface area contributed by atoms with Gasteiger partial charge in [0.1, 0.15) is 0 Å². The molecular formula is C15H24N4O4. The first-order valence-electron chi connectivity index (χ1n) is 7.72. The predicted octanol–water partition coefficient (Wildman–Crippen LogP) is 2.25. The first-order valence-corrected chi connectivity index (χ1v) is 7.72. The van der Waals surface area contributed by atoms with Crippen LogP contribution < -0.4 is 5.32 Å². The maximum atomic E-state index is 11.8. The standard InChI is InChI=1S/C15H24N4O4/c1-5-11(6-2)23-13-8-10(15(21)22-4)7-12(18-19-16)14(13)17-9(3)20/h8,11-14H,5-7H2,1-4H3,(H,17,20)/t12-,13+,14+/m0/s1. The molecule has 1 rings (SSSR count). The van der Waals surface area contributed by atoms with Crippen molar-refractivity contribution in [2.24, 2.45) is 5.11 Å². The molecule has 0 radical (unpaired) electrons. The molecule has 23 heavy (non-hydrogen) atoms. The van der Waals surface area contributed by atoms with Gasteiger partial charge in [-0.15, -0.1) is 0 Å². The van der Waals surface area contributed by atoms with Gasteiger partial charge >= 0.3 is 5.97 Å².